The summed E-state index contributed by atoms with van der Waals surface area (Å²) in [6, 6.07) is 0. The van der Waals surface area contributed by atoms with Crippen molar-refractivity contribution in [2.24, 2.45) is 5.41 Å². The molecule has 12 heavy (non-hydrogen) atoms. The molecule has 70 valence electrons. The number of hydrogen-bond donors (Lipinski definition) is 0. The van der Waals surface area contributed by atoms with Gasteiger partial charge in [-0.25, -0.2) is 0 Å². The van der Waals surface area contributed by atoms with E-state index in [1.165, 1.54) is 12.1 Å². The zero-order chi connectivity index (χ0) is 9.57. The Bertz CT molecular complexity index is 196. The molecule has 1 rings (SSSR count). The van der Waals surface area contributed by atoms with E-state index in [2.05, 4.69) is 46.1 Å². The number of nitrogens with zero attached hydrogens (tertiary/aromatic N) is 1. The zero-order valence-electron chi connectivity index (χ0n) is 9.07. The molecule has 0 N–H and O–H groups in total. The molecule has 0 aromatic rings. The molecule has 1 saturated heterocycles. The van der Waals surface area contributed by atoms with Gasteiger partial charge in [-0.3, -0.25) is 0 Å². The van der Waals surface area contributed by atoms with Crippen LogP contribution in [0.5, 0.6) is 0 Å². The topological polar surface area (TPSA) is 3.24 Å². The van der Waals surface area contributed by atoms with E-state index in [0.717, 1.165) is 6.54 Å². The lowest BCUT2D eigenvalue weighted by Crippen LogP contribution is -2.38. The molecule has 1 aliphatic rings. The normalized spacial score (nSPS) is 23.4. The molecule has 1 aliphatic heterocycles. The monoisotopic (exact) mass is 167 g/mol. The lowest BCUT2D eigenvalue weighted by Gasteiger charge is -2.36. The van der Waals surface area contributed by atoms with Crippen LogP contribution < -0.4 is 0 Å². The standard InChI is InChI=1S/C11H21N/c1-9-11(5,6)7-8-12(9)10(2,3)4/h1,7-8H2,2-6H3. The highest BCUT2D eigenvalue weighted by molar-refractivity contribution is 5.14. The minimum Gasteiger partial charge on any atom is -0.370 e. The summed E-state index contributed by atoms with van der Waals surface area (Å²) >= 11 is 0. The van der Waals surface area contributed by atoms with Crippen molar-refractivity contribution in [3.8, 4) is 0 Å². The van der Waals surface area contributed by atoms with E-state index in [4.69, 9.17) is 0 Å². The first kappa shape index (κ1) is 9.63. The van der Waals surface area contributed by atoms with Crippen LogP contribution in [0, 0.1) is 5.41 Å². The highest BCUT2D eigenvalue weighted by atomic mass is 15.2. The molecule has 0 unspecified atom stereocenters. The Labute approximate surface area is 76.5 Å². The summed E-state index contributed by atoms with van der Waals surface area (Å²) in [5.74, 6) is 0. The third-order valence-corrected chi connectivity index (χ3v) is 2.88. The smallest absolute Gasteiger partial charge is 0.0315 e. The van der Waals surface area contributed by atoms with Crippen molar-refractivity contribution in [2.45, 2.75) is 46.6 Å². The number of likely N-dealkylation sites (tertiary alicyclic amines) is 1. The molecule has 0 amide bonds. The van der Waals surface area contributed by atoms with Gasteiger partial charge in [0.1, 0.15) is 0 Å². The van der Waals surface area contributed by atoms with Gasteiger partial charge in [-0.05, 0) is 27.2 Å². The van der Waals surface area contributed by atoms with Crippen LogP contribution in [0.25, 0.3) is 0 Å². The highest BCUT2D eigenvalue weighted by Gasteiger charge is 2.37. The van der Waals surface area contributed by atoms with Crippen molar-refractivity contribution >= 4 is 0 Å². The number of allylic oxidation sites excluding steroid dienone is 1. The second kappa shape index (κ2) is 2.51. The molecule has 0 saturated carbocycles. The molecule has 0 spiro atoms. The maximum atomic E-state index is 4.18. The van der Waals surface area contributed by atoms with Crippen LogP contribution >= 0.6 is 0 Å². The van der Waals surface area contributed by atoms with Gasteiger partial charge >= 0.3 is 0 Å². The second-order valence-corrected chi connectivity index (χ2v) is 5.40. The molecule has 1 heteroatoms. The number of rotatable bonds is 0. The van der Waals surface area contributed by atoms with E-state index in [1.807, 2.05) is 0 Å². The predicted octanol–water partition coefficient (Wildman–Crippen LogP) is 3.03. The molecule has 1 fully saturated rings. The molecule has 0 radical (unpaired) electrons. The van der Waals surface area contributed by atoms with Crippen molar-refractivity contribution in [1.29, 1.82) is 0 Å². The van der Waals surface area contributed by atoms with Gasteiger partial charge in [0.15, 0.2) is 0 Å². The quantitative estimate of drug-likeness (QED) is 0.536. The van der Waals surface area contributed by atoms with E-state index in [9.17, 15) is 0 Å². The molecular weight excluding hydrogens is 146 g/mol. The van der Waals surface area contributed by atoms with E-state index in [0.29, 0.717) is 5.41 Å². The fourth-order valence-electron chi connectivity index (χ4n) is 1.78. The summed E-state index contributed by atoms with van der Waals surface area (Å²) in [5.41, 5.74) is 1.85. The fourth-order valence-corrected chi connectivity index (χ4v) is 1.78. The van der Waals surface area contributed by atoms with Crippen LogP contribution in [0.4, 0.5) is 0 Å². The zero-order valence-corrected chi connectivity index (χ0v) is 9.07. The van der Waals surface area contributed by atoms with Crippen LogP contribution in [-0.2, 0) is 0 Å². The minimum absolute atomic E-state index is 0.241. The molecule has 1 nitrogen and oxygen atoms in total. The Hall–Kier alpha value is -0.460. The van der Waals surface area contributed by atoms with Gasteiger partial charge in [0.25, 0.3) is 0 Å². The molecule has 0 atom stereocenters. The van der Waals surface area contributed by atoms with E-state index >= 15 is 0 Å². The Morgan fingerprint density at radius 1 is 1.33 bits per heavy atom. The molecule has 0 bridgehead atoms. The van der Waals surface area contributed by atoms with Crippen molar-refractivity contribution in [1.82, 2.24) is 4.90 Å². The van der Waals surface area contributed by atoms with Gasteiger partial charge in [0, 0.05) is 23.2 Å². The summed E-state index contributed by atoms with van der Waals surface area (Å²) in [6.07, 6.45) is 1.24. The maximum absolute atomic E-state index is 4.18. The Morgan fingerprint density at radius 2 is 1.83 bits per heavy atom. The summed E-state index contributed by atoms with van der Waals surface area (Å²) in [4.78, 5) is 2.42. The predicted molar refractivity (Wildman–Crippen MR) is 54.0 cm³/mol. The highest BCUT2D eigenvalue weighted by Crippen LogP contribution is 2.41. The van der Waals surface area contributed by atoms with E-state index < -0.39 is 0 Å². The largest absolute Gasteiger partial charge is 0.370 e. The van der Waals surface area contributed by atoms with Crippen LogP contribution in [0.2, 0.25) is 0 Å². The van der Waals surface area contributed by atoms with Gasteiger partial charge in [-0.2, -0.15) is 0 Å². The average molecular weight is 167 g/mol. The van der Waals surface area contributed by atoms with E-state index in [1.54, 1.807) is 0 Å². The first-order valence-electron chi connectivity index (χ1n) is 4.72. The first-order valence-corrected chi connectivity index (χ1v) is 4.72. The third-order valence-electron chi connectivity index (χ3n) is 2.88. The maximum Gasteiger partial charge on any atom is 0.0315 e. The van der Waals surface area contributed by atoms with Crippen LogP contribution in [0.1, 0.15) is 41.0 Å². The fraction of sp³-hybridized carbons (Fsp3) is 0.818. The van der Waals surface area contributed by atoms with Crippen LogP contribution in [-0.4, -0.2) is 17.0 Å². The Morgan fingerprint density at radius 3 is 2.00 bits per heavy atom. The van der Waals surface area contributed by atoms with E-state index in [-0.39, 0.29) is 5.54 Å². The minimum atomic E-state index is 0.241. The Balaban J connectivity index is 2.82. The van der Waals surface area contributed by atoms with Crippen molar-refractivity contribution in [3.63, 3.8) is 0 Å². The van der Waals surface area contributed by atoms with Gasteiger partial charge in [0.2, 0.25) is 0 Å². The van der Waals surface area contributed by atoms with Gasteiger partial charge in [-0.1, -0.05) is 20.4 Å². The van der Waals surface area contributed by atoms with Crippen LogP contribution in [0.15, 0.2) is 12.3 Å². The summed E-state index contributed by atoms with van der Waals surface area (Å²) in [7, 11) is 0. The average Bonchev–Trinajstić information content (AvgIpc) is 2.06. The van der Waals surface area contributed by atoms with Crippen LogP contribution in [0.3, 0.4) is 0 Å². The van der Waals surface area contributed by atoms with Gasteiger partial charge in [0.05, 0.1) is 0 Å². The van der Waals surface area contributed by atoms with Crippen molar-refractivity contribution < 1.29 is 0 Å². The third kappa shape index (κ3) is 1.50. The molecular formula is C11H21N. The molecule has 0 aliphatic carbocycles. The summed E-state index contributed by atoms with van der Waals surface area (Å²) < 4.78 is 0. The molecule has 0 aromatic carbocycles. The lowest BCUT2D eigenvalue weighted by atomic mass is 9.89. The van der Waals surface area contributed by atoms with Gasteiger partial charge < -0.3 is 4.90 Å². The summed E-state index contributed by atoms with van der Waals surface area (Å²) in [5, 5.41) is 0. The Kier molecular flexibility index (Phi) is 2.02. The van der Waals surface area contributed by atoms with Crippen molar-refractivity contribution in [3.05, 3.63) is 12.3 Å². The SMILES string of the molecule is C=C1N(C(C)(C)C)CCC1(C)C. The van der Waals surface area contributed by atoms with Crippen molar-refractivity contribution in [2.75, 3.05) is 6.54 Å². The van der Waals surface area contributed by atoms with Gasteiger partial charge in [-0.15, -0.1) is 0 Å². The first-order chi connectivity index (χ1) is 5.25. The molecule has 0 aromatic heterocycles. The second-order valence-electron chi connectivity index (χ2n) is 5.40. The number of hydrogen-bond acceptors (Lipinski definition) is 1. The lowest BCUT2D eigenvalue weighted by molar-refractivity contribution is 0.207. The molecule has 1 heterocycles. The summed E-state index contributed by atoms with van der Waals surface area (Å²) in [6.45, 7) is 16.6.